The predicted octanol–water partition coefficient (Wildman–Crippen LogP) is 1.97. The Bertz CT molecular complexity index is 411. The number of piperazine rings is 1. The molecule has 1 atom stereocenters. The molecule has 0 amide bonds. The summed E-state index contributed by atoms with van der Waals surface area (Å²) >= 11 is 0. The second-order valence-corrected chi connectivity index (χ2v) is 5.81. The van der Waals surface area contributed by atoms with E-state index >= 15 is 0 Å². The normalized spacial score (nSPS) is 19.6. The summed E-state index contributed by atoms with van der Waals surface area (Å²) in [5, 5.41) is 10.3. The molecule has 1 N–H and O–H groups in total. The summed E-state index contributed by atoms with van der Waals surface area (Å²) in [5.41, 5.74) is 3.54. The van der Waals surface area contributed by atoms with Crippen LogP contribution in [0.25, 0.3) is 0 Å². The quantitative estimate of drug-likeness (QED) is 0.899. The van der Waals surface area contributed by atoms with Gasteiger partial charge in [0.15, 0.2) is 0 Å². The van der Waals surface area contributed by atoms with E-state index in [9.17, 15) is 5.11 Å². The minimum absolute atomic E-state index is 0.333. The first-order chi connectivity index (χ1) is 9.06. The highest BCUT2D eigenvalue weighted by atomic mass is 16.3. The number of hydrogen-bond acceptors (Lipinski definition) is 3. The van der Waals surface area contributed by atoms with Crippen LogP contribution in [0.4, 0.5) is 0 Å². The van der Waals surface area contributed by atoms with Crippen LogP contribution in [-0.2, 0) is 0 Å². The molecule has 0 aromatic heterocycles. The van der Waals surface area contributed by atoms with Gasteiger partial charge in [0.25, 0.3) is 0 Å². The summed E-state index contributed by atoms with van der Waals surface area (Å²) in [5.74, 6) is 0. The standard InChI is InChI=1S/C16H26N2O/c1-13-4-5-15(14(2)12-13)16(19)6-7-18-10-8-17(3)9-11-18/h4-5,12,16,19H,6-11H2,1-3H3. The Hall–Kier alpha value is -0.900. The van der Waals surface area contributed by atoms with Crippen molar-refractivity contribution in [1.29, 1.82) is 0 Å². The SMILES string of the molecule is Cc1ccc(C(O)CCN2CCN(C)CC2)c(C)c1. The van der Waals surface area contributed by atoms with Crippen molar-refractivity contribution in [3.8, 4) is 0 Å². The van der Waals surface area contributed by atoms with Crippen LogP contribution in [0.1, 0.15) is 29.2 Å². The van der Waals surface area contributed by atoms with Crippen LogP contribution in [0.5, 0.6) is 0 Å². The summed E-state index contributed by atoms with van der Waals surface area (Å²) in [7, 11) is 2.17. The Kier molecular flexibility index (Phi) is 4.97. The Morgan fingerprint density at radius 1 is 1.16 bits per heavy atom. The summed E-state index contributed by atoms with van der Waals surface area (Å²) < 4.78 is 0. The van der Waals surface area contributed by atoms with Crippen LogP contribution in [0.3, 0.4) is 0 Å². The maximum absolute atomic E-state index is 10.3. The third kappa shape index (κ3) is 4.03. The van der Waals surface area contributed by atoms with E-state index in [4.69, 9.17) is 0 Å². The monoisotopic (exact) mass is 262 g/mol. The van der Waals surface area contributed by atoms with Gasteiger partial charge in [0.05, 0.1) is 6.10 Å². The smallest absolute Gasteiger partial charge is 0.0804 e. The molecule has 0 bridgehead atoms. The van der Waals surface area contributed by atoms with Gasteiger partial charge in [-0.15, -0.1) is 0 Å². The molecule has 0 aliphatic carbocycles. The van der Waals surface area contributed by atoms with Crippen molar-refractivity contribution < 1.29 is 5.11 Å². The Balaban J connectivity index is 1.85. The number of aliphatic hydroxyl groups excluding tert-OH is 1. The first kappa shape index (κ1) is 14.5. The van der Waals surface area contributed by atoms with Crippen molar-refractivity contribution >= 4 is 0 Å². The number of likely N-dealkylation sites (N-methyl/N-ethyl adjacent to an activating group) is 1. The van der Waals surface area contributed by atoms with E-state index in [0.717, 1.165) is 44.7 Å². The summed E-state index contributed by atoms with van der Waals surface area (Å²) in [6, 6.07) is 6.30. The molecule has 1 aromatic rings. The lowest BCUT2D eigenvalue weighted by Gasteiger charge is -2.32. The van der Waals surface area contributed by atoms with Gasteiger partial charge in [0, 0.05) is 32.7 Å². The van der Waals surface area contributed by atoms with Gasteiger partial charge in [-0.25, -0.2) is 0 Å². The van der Waals surface area contributed by atoms with Gasteiger partial charge in [-0.3, -0.25) is 0 Å². The maximum atomic E-state index is 10.3. The van der Waals surface area contributed by atoms with Crippen molar-refractivity contribution in [2.24, 2.45) is 0 Å². The molecule has 1 saturated heterocycles. The first-order valence-electron chi connectivity index (χ1n) is 7.22. The average molecular weight is 262 g/mol. The van der Waals surface area contributed by atoms with E-state index in [1.807, 2.05) is 0 Å². The van der Waals surface area contributed by atoms with Gasteiger partial charge in [-0.1, -0.05) is 23.8 Å². The second-order valence-electron chi connectivity index (χ2n) is 5.81. The Morgan fingerprint density at radius 3 is 2.47 bits per heavy atom. The lowest BCUT2D eigenvalue weighted by Crippen LogP contribution is -2.44. The molecule has 1 fully saturated rings. The second kappa shape index (κ2) is 6.51. The van der Waals surface area contributed by atoms with Crippen LogP contribution < -0.4 is 0 Å². The lowest BCUT2D eigenvalue weighted by atomic mass is 9.99. The Labute approximate surface area is 116 Å². The minimum Gasteiger partial charge on any atom is -0.388 e. The van der Waals surface area contributed by atoms with Gasteiger partial charge in [0.1, 0.15) is 0 Å². The third-order valence-corrected chi connectivity index (χ3v) is 4.10. The molecular weight excluding hydrogens is 236 g/mol. The van der Waals surface area contributed by atoms with Crippen LogP contribution in [-0.4, -0.2) is 54.7 Å². The summed E-state index contributed by atoms with van der Waals surface area (Å²) in [6.07, 6.45) is 0.494. The molecule has 106 valence electrons. The fourth-order valence-corrected chi connectivity index (χ4v) is 2.73. The largest absolute Gasteiger partial charge is 0.388 e. The highest BCUT2D eigenvalue weighted by Crippen LogP contribution is 2.22. The molecule has 0 spiro atoms. The van der Waals surface area contributed by atoms with Crippen molar-refractivity contribution in [2.75, 3.05) is 39.8 Å². The molecule has 1 aliphatic rings. The van der Waals surface area contributed by atoms with E-state index in [1.54, 1.807) is 0 Å². The molecule has 1 heterocycles. The van der Waals surface area contributed by atoms with Gasteiger partial charge < -0.3 is 14.9 Å². The maximum Gasteiger partial charge on any atom is 0.0804 e. The molecule has 0 saturated carbocycles. The van der Waals surface area contributed by atoms with E-state index in [1.165, 1.54) is 11.1 Å². The molecule has 0 radical (unpaired) electrons. The van der Waals surface area contributed by atoms with E-state index in [0.29, 0.717) is 0 Å². The predicted molar refractivity (Wildman–Crippen MR) is 79.4 cm³/mol. The molecule has 3 nitrogen and oxygen atoms in total. The number of aliphatic hydroxyl groups is 1. The van der Waals surface area contributed by atoms with Gasteiger partial charge in [-0.2, -0.15) is 0 Å². The Morgan fingerprint density at radius 2 is 1.84 bits per heavy atom. The number of nitrogens with zero attached hydrogens (tertiary/aromatic N) is 2. The van der Waals surface area contributed by atoms with E-state index in [2.05, 4.69) is 48.9 Å². The van der Waals surface area contributed by atoms with E-state index < -0.39 is 0 Å². The van der Waals surface area contributed by atoms with Gasteiger partial charge in [0.2, 0.25) is 0 Å². The molecule has 2 rings (SSSR count). The fourth-order valence-electron chi connectivity index (χ4n) is 2.73. The number of hydrogen-bond donors (Lipinski definition) is 1. The first-order valence-corrected chi connectivity index (χ1v) is 7.22. The summed E-state index contributed by atoms with van der Waals surface area (Å²) in [6.45, 7) is 9.68. The molecule has 3 heteroatoms. The average Bonchev–Trinajstić information content (AvgIpc) is 2.37. The molecule has 1 aliphatic heterocycles. The fraction of sp³-hybridized carbons (Fsp3) is 0.625. The topological polar surface area (TPSA) is 26.7 Å². The van der Waals surface area contributed by atoms with Crippen LogP contribution in [0.15, 0.2) is 18.2 Å². The molecule has 1 aromatic carbocycles. The van der Waals surface area contributed by atoms with Crippen molar-refractivity contribution in [2.45, 2.75) is 26.4 Å². The van der Waals surface area contributed by atoms with Crippen molar-refractivity contribution in [3.63, 3.8) is 0 Å². The molecule has 19 heavy (non-hydrogen) atoms. The molecular formula is C16H26N2O. The zero-order valence-corrected chi connectivity index (χ0v) is 12.4. The summed E-state index contributed by atoms with van der Waals surface area (Å²) in [4.78, 5) is 4.81. The highest BCUT2D eigenvalue weighted by Gasteiger charge is 2.16. The number of benzene rings is 1. The van der Waals surface area contributed by atoms with Crippen LogP contribution in [0, 0.1) is 13.8 Å². The zero-order valence-electron chi connectivity index (χ0n) is 12.4. The van der Waals surface area contributed by atoms with Crippen molar-refractivity contribution in [3.05, 3.63) is 34.9 Å². The lowest BCUT2D eigenvalue weighted by molar-refractivity contribution is 0.112. The highest BCUT2D eigenvalue weighted by molar-refractivity contribution is 5.31. The van der Waals surface area contributed by atoms with Crippen molar-refractivity contribution in [1.82, 2.24) is 9.80 Å². The molecule has 1 unspecified atom stereocenters. The third-order valence-electron chi connectivity index (χ3n) is 4.10. The van der Waals surface area contributed by atoms with Gasteiger partial charge >= 0.3 is 0 Å². The van der Waals surface area contributed by atoms with Gasteiger partial charge in [-0.05, 0) is 38.4 Å². The number of rotatable bonds is 4. The van der Waals surface area contributed by atoms with Crippen LogP contribution in [0.2, 0.25) is 0 Å². The zero-order chi connectivity index (χ0) is 13.8. The minimum atomic E-state index is -0.333. The number of aryl methyl sites for hydroxylation is 2. The van der Waals surface area contributed by atoms with Crippen LogP contribution >= 0.6 is 0 Å². The van der Waals surface area contributed by atoms with E-state index in [-0.39, 0.29) is 6.10 Å².